The number of nitrogens with one attached hydrogen (secondary N) is 1. The monoisotopic (exact) mass is 282 g/mol. The normalized spacial score (nSPS) is 22.3. The van der Waals surface area contributed by atoms with Crippen LogP contribution in [0.4, 0.5) is 0 Å². The Bertz CT molecular complexity index is 304. The zero-order valence-electron chi connectivity index (χ0n) is 12.9. The first-order valence-corrected chi connectivity index (χ1v) is 8.36. The molecule has 2 N–H and O–H groups in total. The first-order valence-electron chi connectivity index (χ1n) is 8.36. The molecule has 0 unspecified atom stereocenters. The molecule has 1 aliphatic heterocycles. The fourth-order valence-electron chi connectivity index (χ4n) is 3.65. The summed E-state index contributed by atoms with van der Waals surface area (Å²) in [4.78, 5) is 15.3. The van der Waals surface area contributed by atoms with Gasteiger partial charge < -0.3 is 15.3 Å². The summed E-state index contributed by atoms with van der Waals surface area (Å²) in [6, 6.07) is 0.442. The van der Waals surface area contributed by atoms with Crippen molar-refractivity contribution in [2.45, 2.75) is 64.3 Å². The number of piperidine rings is 1. The van der Waals surface area contributed by atoms with E-state index < -0.39 is 0 Å². The number of hydrogen-bond acceptors (Lipinski definition) is 3. The van der Waals surface area contributed by atoms with Crippen molar-refractivity contribution in [2.75, 3.05) is 26.2 Å². The van der Waals surface area contributed by atoms with Gasteiger partial charge in [0, 0.05) is 19.2 Å². The molecule has 0 spiro atoms. The van der Waals surface area contributed by atoms with Crippen molar-refractivity contribution in [3.63, 3.8) is 0 Å². The van der Waals surface area contributed by atoms with Gasteiger partial charge in [0.25, 0.3) is 0 Å². The second-order valence-electron chi connectivity index (χ2n) is 6.44. The third-order valence-corrected chi connectivity index (χ3v) is 5.08. The van der Waals surface area contributed by atoms with Gasteiger partial charge in [-0.05, 0) is 58.0 Å². The summed E-state index contributed by atoms with van der Waals surface area (Å²) >= 11 is 0. The van der Waals surface area contributed by atoms with E-state index in [4.69, 9.17) is 5.11 Å². The van der Waals surface area contributed by atoms with E-state index in [0.29, 0.717) is 18.4 Å². The van der Waals surface area contributed by atoms with Crippen molar-refractivity contribution in [3.05, 3.63) is 0 Å². The Hall–Kier alpha value is -0.610. The minimum Gasteiger partial charge on any atom is -0.396 e. The van der Waals surface area contributed by atoms with E-state index >= 15 is 0 Å². The van der Waals surface area contributed by atoms with E-state index in [-0.39, 0.29) is 12.0 Å². The van der Waals surface area contributed by atoms with Crippen LogP contribution in [-0.4, -0.2) is 48.2 Å². The minimum atomic E-state index is -0.134. The molecule has 0 aromatic rings. The second-order valence-corrected chi connectivity index (χ2v) is 6.44. The molecule has 116 valence electrons. The average molecular weight is 282 g/mol. The van der Waals surface area contributed by atoms with Gasteiger partial charge in [-0.2, -0.15) is 0 Å². The maximum atomic E-state index is 13.2. The fraction of sp³-hybridized carbons (Fsp3) is 0.938. The van der Waals surface area contributed by atoms with Crippen LogP contribution in [0.25, 0.3) is 0 Å². The van der Waals surface area contributed by atoms with Crippen LogP contribution in [0.3, 0.4) is 0 Å². The summed E-state index contributed by atoms with van der Waals surface area (Å²) < 4.78 is 0. The highest BCUT2D eigenvalue weighted by molar-refractivity contribution is 5.83. The van der Waals surface area contributed by atoms with Crippen molar-refractivity contribution in [1.29, 1.82) is 0 Å². The van der Waals surface area contributed by atoms with Gasteiger partial charge in [0.2, 0.25) is 5.91 Å². The van der Waals surface area contributed by atoms with Crippen LogP contribution < -0.4 is 5.32 Å². The number of hydrogen-bond donors (Lipinski definition) is 2. The highest BCUT2D eigenvalue weighted by Gasteiger charge is 2.43. The van der Waals surface area contributed by atoms with Crippen LogP contribution in [0.15, 0.2) is 0 Å². The number of carbonyl (C=O) groups is 1. The predicted molar refractivity (Wildman–Crippen MR) is 80.5 cm³/mol. The van der Waals surface area contributed by atoms with Crippen LogP contribution >= 0.6 is 0 Å². The number of aliphatic hydroxyl groups excluding tert-OH is 1. The lowest BCUT2D eigenvalue weighted by Crippen LogP contribution is -2.54. The molecule has 20 heavy (non-hydrogen) atoms. The van der Waals surface area contributed by atoms with Gasteiger partial charge >= 0.3 is 0 Å². The summed E-state index contributed by atoms with van der Waals surface area (Å²) in [6.07, 6.45) is 8.29. The first kappa shape index (κ1) is 15.8. The van der Waals surface area contributed by atoms with Crippen molar-refractivity contribution in [1.82, 2.24) is 10.2 Å². The van der Waals surface area contributed by atoms with Gasteiger partial charge in [0.15, 0.2) is 0 Å². The maximum absolute atomic E-state index is 13.2. The lowest BCUT2D eigenvalue weighted by molar-refractivity contribution is -0.149. The molecule has 0 atom stereocenters. The fourth-order valence-corrected chi connectivity index (χ4v) is 3.65. The van der Waals surface area contributed by atoms with Crippen molar-refractivity contribution in [2.24, 2.45) is 5.41 Å². The second kappa shape index (κ2) is 7.41. The van der Waals surface area contributed by atoms with Gasteiger partial charge in [0.1, 0.15) is 0 Å². The molecule has 1 aliphatic carbocycles. The Morgan fingerprint density at radius 3 is 2.55 bits per heavy atom. The highest BCUT2D eigenvalue weighted by atomic mass is 16.3. The van der Waals surface area contributed by atoms with Crippen LogP contribution in [0.2, 0.25) is 0 Å². The predicted octanol–water partition coefficient (Wildman–Crippen LogP) is 1.92. The Morgan fingerprint density at radius 1 is 1.35 bits per heavy atom. The quantitative estimate of drug-likeness (QED) is 0.750. The van der Waals surface area contributed by atoms with Crippen LogP contribution in [0.5, 0.6) is 0 Å². The van der Waals surface area contributed by atoms with E-state index in [1.54, 1.807) is 0 Å². The summed E-state index contributed by atoms with van der Waals surface area (Å²) in [7, 11) is 0. The van der Waals surface area contributed by atoms with Crippen LogP contribution in [-0.2, 0) is 4.79 Å². The third-order valence-electron chi connectivity index (χ3n) is 5.08. The van der Waals surface area contributed by atoms with Gasteiger partial charge in [-0.15, -0.1) is 0 Å². The largest absolute Gasteiger partial charge is 0.396 e. The molecule has 1 heterocycles. The third kappa shape index (κ3) is 3.34. The number of rotatable bonds is 7. The molecule has 2 fully saturated rings. The van der Waals surface area contributed by atoms with Crippen molar-refractivity contribution < 1.29 is 9.90 Å². The smallest absolute Gasteiger partial charge is 0.229 e. The Morgan fingerprint density at radius 2 is 2.05 bits per heavy atom. The molecule has 1 saturated carbocycles. The number of amides is 1. The van der Waals surface area contributed by atoms with Gasteiger partial charge in [-0.25, -0.2) is 0 Å². The molecule has 2 rings (SSSR count). The van der Waals surface area contributed by atoms with E-state index in [1.807, 2.05) is 0 Å². The molecular weight excluding hydrogens is 252 g/mol. The van der Waals surface area contributed by atoms with Crippen molar-refractivity contribution >= 4 is 5.91 Å². The van der Waals surface area contributed by atoms with Gasteiger partial charge in [0.05, 0.1) is 5.41 Å². The topological polar surface area (TPSA) is 52.6 Å². The van der Waals surface area contributed by atoms with Gasteiger partial charge in [-0.3, -0.25) is 4.79 Å². The summed E-state index contributed by atoms with van der Waals surface area (Å²) in [5, 5.41) is 12.5. The molecule has 1 saturated heterocycles. The molecule has 4 heteroatoms. The lowest BCUT2D eigenvalue weighted by atomic mass is 9.73. The molecule has 0 aromatic heterocycles. The summed E-state index contributed by atoms with van der Waals surface area (Å²) in [5.41, 5.74) is -0.134. The summed E-state index contributed by atoms with van der Waals surface area (Å²) in [5.74, 6) is 0.374. The van der Waals surface area contributed by atoms with Gasteiger partial charge in [-0.1, -0.05) is 13.3 Å². The maximum Gasteiger partial charge on any atom is 0.229 e. The van der Waals surface area contributed by atoms with E-state index in [1.165, 1.54) is 6.42 Å². The highest BCUT2D eigenvalue weighted by Crippen LogP contribution is 2.38. The number of carbonyl (C=O) groups excluding carboxylic acids is 1. The SMILES string of the molecule is CCCC1(C(=O)N(CCCO)C2CCC2)CCNCC1. The van der Waals surface area contributed by atoms with Crippen LogP contribution in [0, 0.1) is 5.41 Å². The van der Waals surface area contributed by atoms with E-state index in [0.717, 1.165) is 58.2 Å². The molecular formula is C16H30N2O2. The average Bonchev–Trinajstić information content (AvgIpc) is 2.42. The van der Waals surface area contributed by atoms with E-state index in [9.17, 15) is 4.79 Å². The van der Waals surface area contributed by atoms with Crippen molar-refractivity contribution in [3.8, 4) is 0 Å². The number of aliphatic hydroxyl groups is 1. The Balaban J connectivity index is 2.09. The van der Waals surface area contributed by atoms with E-state index in [2.05, 4.69) is 17.1 Å². The molecule has 0 bridgehead atoms. The van der Waals surface area contributed by atoms with Crippen LogP contribution in [0.1, 0.15) is 58.3 Å². The molecule has 4 nitrogen and oxygen atoms in total. The molecule has 0 aromatic carbocycles. The zero-order chi connectivity index (χ0) is 14.4. The zero-order valence-corrected chi connectivity index (χ0v) is 12.9. The Labute approximate surface area is 122 Å². The standard InChI is InChI=1S/C16H30N2O2/c1-2-7-16(8-10-17-11-9-16)15(20)18(12-4-13-19)14-5-3-6-14/h14,17,19H,2-13H2,1H3. The number of nitrogens with zero attached hydrogens (tertiary/aromatic N) is 1. The first-order chi connectivity index (χ1) is 9.73. The minimum absolute atomic E-state index is 0.134. The molecule has 1 amide bonds. The molecule has 0 radical (unpaired) electrons. The Kier molecular flexibility index (Phi) is 5.85. The molecule has 2 aliphatic rings. The lowest BCUT2D eigenvalue weighted by Gasteiger charge is -2.45. The summed E-state index contributed by atoms with van der Waals surface area (Å²) in [6.45, 7) is 5.02.